The Bertz CT molecular complexity index is 605. The van der Waals surface area contributed by atoms with E-state index in [0.29, 0.717) is 12.2 Å². The van der Waals surface area contributed by atoms with Crippen molar-refractivity contribution in [1.82, 2.24) is 4.90 Å². The van der Waals surface area contributed by atoms with Crippen LogP contribution in [0.1, 0.15) is 41.6 Å². The molecule has 1 amide bonds. The molecular weight excluding hydrogens is 266 g/mol. The number of carbonyl (C=O) groups is 1. The fraction of sp³-hybridized carbons (Fsp3) is 0.353. The Balaban J connectivity index is 2.17. The van der Waals surface area contributed by atoms with Gasteiger partial charge in [0.2, 0.25) is 0 Å². The predicted octanol–water partition coefficient (Wildman–Crippen LogP) is 3.82. The summed E-state index contributed by atoms with van der Waals surface area (Å²) in [5, 5.41) is 0. The van der Waals surface area contributed by atoms with Crippen molar-refractivity contribution in [2.24, 2.45) is 0 Å². The topological polar surface area (TPSA) is 42.7 Å². The monoisotopic (exact) mass is 287 g/mol. The number of rotatable bonds is 5. The summed E-state index contributed by atoms with van der Waals surface area (Å²) in [4.78, 5) is 14.2. The van der Waals surface area contributed by atoms with Gasteiger partial charge in [-0.2, -0.15) is 0 Å². The highest BCUT2D eigenvalue weighted by molar-refractivity contribution is 5.94. The summed E-state index contributed by atoms with van der Waals surface area (Å²) in [6, 6.07) is 9.09. The lowest BCUT2D eigenvalue weighted by atomic mass is 10.1. The van der Waals surface area contributed by atoms with E-state index in [1.807, 2.05) is 45.0 Å². The van der Waals surface area contributed by atoms with Gasteiger partial charge in [-0.3, -0.25) is 4.79 Å². The summed E-state index contributed by atoms with van der Waals surface area (Å²) in [5.74, 6) is 1.55. The zero-order chi connectivity index (χ0) is 15.4. The second kappa shape index (κ2) is 6.48. The molecule has 2 rings (SSSR count). The number of hydrogen-bond donors (Lipinski definition) is 0. The molecule has 0 spiro atoms. The molecule has 1 aromatic carbocycles. The van der Waals surface area contributed by atoms with Crippen molar-refractivity contribution in [3.05, 3.63) is 53.5 Å². The Labute approximate surface area is 125 Å². The third kappa shape index (κ3) is 3.27. The number of nitrogens with zero attached hydrogens (tertiary/aromatic N) is 1. The largest absolute Gasteiger partial charge is 0.494 e. The summed E-state index contributed by atoms with van der Waals surface area (Å²) >= 11 is 0. The molecule has 0 bridgehead atoms. The lowest BCUT2D eigenvalue weighted by Crippen LogP contribution is -2.29. The van der Waals surface area contributed by atoms with Crippen molar-refractivity contribution >= 4 is 5.91 Å². The highest BCUT2D eigenvalue weighted by atomic mass is 16.5. The molecule has 0 fully saturated rings. The van der Waals surface area contributed by atoms with E-state index in [-0.39, 0.29) is 11.9 Å². The first-order valence-electron chi connectivity index (χ1n) is 7.08. The molecule has 0 unspecified atom stereocenters. The molecule has 0 aliphatic rings. The summed E-state index contributed by atoms with van der Waals surface area (Å²) in [6.07, 6.45) is 1.62. The van der Waals surface area contributed by atoms with E-state index in [9.17, 15) is 4.79 Å². The molecule has 0 radical (unpaired) electrons. The number of benzene rings is 1. The van der Waals surface area contributed by atoms with Crippen LogP contribution in [0.25, 0.3) is 0 Å². The Kier molecular flexibility index (Phi) is 4.68. The van der Waals surface area contributed by atoms with Gasteiger partial charge in [-0.15, -0.1) is 0 Å². The Morgan fingerprint density at radius 3 is 2.71 bits per heavy atom. The second-order valence-corrected chi connectivity index (χ2v) is 5.02. The van der Waals surface area contributed by atoms with Gasteiger partial charge in [-0.25, -0.2) is 0 Å². The maximum atomic E-state index is 12.5. The van der Waals surface area contributed by atoms with Crippen LogP contribution in [0.2, 0.25) is 0 Å². The third-order valence-electron chi connectivity index (χ3n) is 3.58. The number of carbonyl (C=O) groups excluding carboxylic acids is 1. The standard InChI is InChI=1S/C17H21NO3/c1-5-20-15-9-8-14(11-12(15)2)17(19)18(4)13(3)16-7-6-10-21-16/h6-11,13H,5H2,1-4H3/t13-/m0/s1. The maximum Gasteiger partial charge on any atom is 0.254 e. The summed E-state index contributed by atoms with van der Waals surface area (Å²) in [7, 11) is 1.78. The van der Waals surface area contributed by atoms with Gasteiger partial charge in [0, 0.05) is 12.6 Å². The number of hydrogen-bond acceptors (Lipinski definition) is 3. The average molecular weight is 287 g/mol. The number of amides is 1. The first kappa shape index (κ1) is 15.2. The van der Waals surface area contributed by atoms with Crippen LogP contribution < -0.4 is 4.74 Å². The number of ether oxygens (including phenoxy) is 1. The SMILES string of the molecule is CCOc1ccc(C(=O)N(C)[C@@H](C)c2ccco2)cc1C. The molecule has 4 nitrogen and oxygen atoms in total. The fourth-order valence-corrected chi connectivity index (χ4v) is 2.20. The van der Waals surface area contributed by atoms with Gasteiger partial charge < -0.3 is 14.1 Å². The molecule has 0 saturated heterocycles. The van der Waals surface area contributed by atoms with Crippen LogP contribution in [0.4, 0.5) is 0 Å². The Morgan fingerprint density at radius 2 is 2.14 bits per heavy atom. The molecule has 1 heterocycles. The lowest BCUT2D eigenvalue weighted by Gasteiger charge is -2.23. The zero-order valence-corrected chi connectivity index (χ0v) is 12.9. The summed E-state index contributed by atoms with van der Waals surface area (Å²) < 4.78 is 10.9. The molecule has 0 aliphatic carbocycles. The molecule has 0 aliphatic heterocycles. The maximum absolute atomic E-state index is 12.5. The Hall–Kier alpha value is -2.23. The molecule has 112 valence electrons. The van der Waals surface area contributed by atoms with E-state index in [1.54, 1.807) is 24.3 Å². The van der Waals surface area contributed by atoms with E-state index < -0.39 is 0 Å². The van der Waals surface area contributed by atoms with Crippen LogP contribution >= 0.6 is 0 Å². The average Bonchev–Trinajstić information content (AvgIpc) is 3.01. The lowest BCUT2D eigenvalue weighted by molar-refractivity contribution is 0.0726. The van der Waals surface area contributed by atoms with Gasteiger partial charge >= 0.3 is 0 Å². The molecule has 2 aromatic rings. The van der Waals surface area contributed by atoms with Crippen LogP contribution in [0.15, 0.2) is 41.0 Å². The summed E-state index contributed by atoms with van der Waals surface area (Å²) in [6.45, 7) is 6.44. The molecule has 21 heavy (non-hydrogen) atoms. The quantitative estimate of drug-likeness (QED) is 0.839. The highest BCUT2D eigenvalue weighted by Gasteiger charge is 2.21. The summed E-state index contributed by atoms with van der Waals surface area (Å²) in [5.41, 5.74) is 1.61. The molecule has 4 heteroatoms. The van der Waals surface area contributed by atoms with Crippen molar-refractivity contribution in [3.8, 4) is 5.75 Å². The molecular formula is C17H21NO3. The van der Waals surface area contributed by atoms with Crippen molar-refractivity contribution in [1.29, 1.82) is 0 Å². The molecule has 0 N–H and O–H groups in total. The van der Waals surface area contributed by atoms with Gasteiger partial charge in [-0.05, 0) is 56.7 Å². The van der Waals surface area contributed by atoms with Crippen molar-refractivity contribution < 1.29 is 13.9 Å². The minimum Gasteiger partial charge on any atom is -0.494 e. The third-order valence-corrected chi connectivity index (χ3v) is 3.58. The predicted molar refractivity (Wildman–Crippen MR) is 81.6 cm³/mol. The van der Waals surface area contributed by atoms with Crippen molar-refractivity contribution in [3.63, 3.8) is 0 Å². The first-order chi connectivity index (χ1) is 10.0. The molecule has 1 aromatic heterocycles. The van der Waals surface area contributed by atoms with Crippen LogP contribution in [-0.2, 0) is 0 Å². The van der Waals surface area contributed by atoms with Gasteiger partial charge in [0.25, 0.3) is 5.91 Å². The van der Waals surface area contributed by atoms with E-state index >= 15 is 0 Å². The normalized spacial score (nSPS) is 12.0. The zero-order valence-electron chi connectivity index (χ0n) is 12.9. The van der Waals surface area contributed by atoms with Crippen LogP contribution in [-0.4, -0.2) is 24.5 Å². The van der Waals surface area contributed by atoms with Crippen LogP contribution in [0, 0.1) is 6.92 Å². The number of furan rings is 1. The smallest absolute Gasteiger partial charge is 0.254 e. The van der Waals surface area contributed by atoms with Crippen molar-refractivity contribution in [2.75, 3.05) is 13.7 Å². The van der Waals surface area contributed by atoms with E-state index in [0.717, 1.165) is 17.1 Å². The van der Waals surface area contributed by atoms with Gasteiger partial charge in [0.1, 0.15) is 11.5 Å². The van der Waals surface area contributed by atoms with Gasteiger partial charge in [0.15, 0.2) is 0 Å². The van der Waals surface area contributed by atoms with Gasteiger partial charge in [-0.1, -0.05) is 0 Å². The minimum atomic E-state index is -0.112. The van der Waals surface area contributed by atoms with E-state index in [2.05, 4.69) is 0 Å². The Morgan fingerprint density at radius 1 is 1.38 bits per heavy atom. The molecule has 1 atom stereocenters. The van der Waals surface area contributed by atoms with Gasteiger partial charge in [0.05, 0.1) is 18.9 Å². The highest BCUT2D eigenvalue weighted by Crippen LogP contribution is 2.24. The van der Waals surface area contributed by atoms with Crippen LogP contribution in [0.3, 0.4) is 0 Å². The van der Waals surface area contributed by atoms with E-state index in [1.165, 1.54) is 0 Å². The van der Waals surface area contributed by atoms with Crippen LogP contribution in [0.5, 0.6) is 5.75 Å². The minimum absolute atomic E-state index is 0.0370. The van der Waals surface area contributed by atoms with E-state index in [4.69, 9.17) is 9.15 Å². The first-order valence-corrected chi connectivity index (χ1v) is 7.08. The second-order valence-electron chi connectivity index (χ2n) is 5.02. The fourth-order valence-electron chi connectivity index (χ4n) is 2.20. The number of aryl methyl sites for hydroxylation is 1. The van der Waals surface area contributed by atoms with Crippen molar-refractivity contribution in [2.45, 2.75) is 26.8 Å². The molecule has 0 saturated carbocycles.